The Kier molecular flexibility index (Phi) is 8.86. The quantitative estimate of drug-likeness (QED) is 0.247. The third-order valence-electron chi connectivity index (χ3n) is 7.20. The summed E-state index contributed by atoms with van der Waals surface area (Å²) in [7, 11) is -1.25. The number of carbonyl (C=O) groups excluding carboxylic acids is 4. The van der Waals surface area contributed by atoms with Crippen LogP contribution >= 0.6 is 0 Å². The molecule has 0 fully saturated rings. The number of benzene rings is 2. The molecule has 0 radical (unpaired) electrons. The molecule has 0 aliphatic carbocycles. The molecule has 2 aliphatic heterocycles. The molecule has 0 bridgehead atoms. The number of sulfone groups is 1. The lowest BCUT2D eigenvalue weighted by atomic mass is 9.80. The van der Waals surface area contributed by atoms with Gasteiger partial charge in [-0.2, -0.15) is 0 Å². The first-order chi connectivity index (χ1) is 19.9. The van der Waals surface area contributed by atoms with Crippen molar-refractivity contribution in [2.75, 3.05) is 33.6 Å². The summed E-state index contributed by atoms with van der Waals surface area (Å²) in [5, 5.41) is 3.01. The van der Waals surface area contributed by atoms with E-state index < -0.39 is 27.7 Å². The molecule has 0 saturated heterocycles. The average molecular weight is 597 g/mol. The van der Waals surface area contributed by atoms with Gasteiger partial charge in [0.2, 0.25) is 0 Å². The number of nitrogens with one attached hydrogen (secondary N) is 1. The van der Waals surface area contributed by atoms with E-state index >= 15 is 0 Å². The van der Waals surface area contributed by atoms with Crippen LogP contribution in [0.3, 0.4) is 0 Å². The highest BCUT2D eigenvalue weighted by molar-refractivity contribution is 7.90. The molecule has 2 heterocycles. The Morgan fingerprint density at radius 3 is 1.93 bits per heavy atom. The summed E-state index contributed by atoms with van der Waals surface area (Å²) in [5.74, 6) is -2.90. The van der Waals surface area contributed by atoms with E-state index in [1.807, 2.05) is 0 Å². The van der Waals surface area contributed by atoms with Crippen LogP contribution in [0.25, 0.3) is 0 Å². The molecule has 0 unspecified atom stereocenters. The Morgan fingerprint density at radius 1 is 0.881 bits per heavy atom. The van der Waals surface area contributed by atoms with Gasteiger partial charge in [-0.25, -0.2) is 18.0 Å². The Balaban J connectivity index is 1.62. The molecule has 2 aromatic rings. The SMILES string of the molecule is COC(=O)C1=C(C)NC(C)=C(C(=O)OC)C1c1cc(S(C)(=O)=O)ccc1OCCCCN1C(=O)c2ccccc2C1=O. The molecule has 0 spiro atoms. The number of rotatable bonds is 10. The second kappa shape index (κ2) is 12.2. The van der Waals surface area contributed by atoms with E-state index in [-0.39, 0.29) is 52.3 Å². The zero-order valence-corrected chi connectivity index (χ0v) is 24.8. The van der Waals surface area contributed by atoms with Crippen molar-refractivity contribution in [3.8, 4) is 5.75 Å². The number of methoxy groups -OCH3 is 2. The number of hydrogen-bond acceptors (Lipinski definition) is 10. The standard InChI is InChI=1S/C30H32N2O9S/c1-17-24(29(35)39-3)26(25(18(2)31-17)30(36)40-4)22-16-19(42(5,37)38)12-13-23(22)41-15-9-8-14-32-27(33)20-10-6-7-11-21(20)28(32)34/h6-7,10-13,16,26,31H,8-9,14-15H2,1-5H3. The summed E-state index contributed by atoms with van der Waals surface area (Å²) in [4.78, 5) is 52.4. The van der Waals surface area contributed by atoms with E-state index in [4.69, 9.17) is 14.2 Å². The molecule has 4 rings (SSSR count). The van der Waals surface area contributed by atoms with E-state index in [1.54, 1.807) is 38.1 Å². The minimum atomic E-state index is -3.67. The lowest BCUT2D eigenvalue weighted by Crippen LogP contribution is -2.32. The van der Waals surface area contributed by atoms with Crippen LogP contribution in [-0.4, -0.2) is 70.7 Å². The summed E-state index contributed by atoms with van der Waals surface area (Å²) in [6.45, 7) is 3.65. The first-order valence-electron chi connectivity index (χ1n) is 13.2. The summed E-state index contributed by atoms with van der Waals surface area (Å²) < 4.78 is 41.1. The first-order valence-corrected chi connectivity index (χ1v) is 15.1. The Hall–Kier alpha value is -4.45. The van der Waals surface area contributed by atoms with Gasteiger partial charge in [0.1, 0.15) is 5.75 Å². The highest BCUT2D eigenvalue weighted by atomic mass is 32.2. The predicted molar refractivity (Wildman–Crippen MR) is 151 cm³/mol. The summed E-state index contributed by atoms with van der Waals surface area (Å²) in [5.41, 5.74) is 2.08. The van der Waals surface area contributed by atoms with Crippen molar-refractivity contribution in [3.05, 3.63) is 81.7 Å². The van der Waals surface area contributed by atoms with E-state index in [1.165, 1.54) is 37.3 Å². The van der Waals surface area contributed by atoms with Crippen molar-refractivity contribution in [1.82, 2.24) is 10.2 Å². The van der Waals surface area contributed by atoms with Crippen LogP contribution in [0, 0.1) is 0 Å². The molecule has 11 nitrogen and oxygen atoms in total. The number of unbranched alkanes of at least 4 members (excludes halogenated alkanes) is 1. The zero-order valence-electron chi connectivity index (χ0n) is 24.0. The van der Waals surface area contributed by atoms with Crippen molar-refractivity contribution >= 4 is 33.6 Å². The maximum Gasteiger partial charge on any atom is 0.336 e. The molecule has 2 aliphatic rings. The number of dihydropyridines is 1. The number of allylic oxidation sites excluding steroid dienone is 2. The predicted octanol–water partition coefficient (Wildman–Crippen LogP) is 3.13. The lowest BCUT2D eigenvalue weighted by molar-refractivity contribution is -0.137. The van der Waals surface area contributed by atoms with E-state index in [9.17, 15) is 27.6 Å². The minimum absolute atomic E-state index is 0.0299. The number of imide groups is 1. The van der Waals surface area contributed by atoms with Crippen molar-refractivity contribution in [1.29, 1.82) is 0 Å². The zero-order chi connectivity index (χ0) is 30.8. The lowest BCUT2D eigenvalue weighted by Gasteiger charge is -2.31. The molecule has 0 atom stereocenters. The van der Waals surface area contributed by atoms with E-state index in [0.29, 0.717) is 35.4 Å². The fourth-order valence-electron chi connectivity index (χ4n) is 5.18. The number of carbonyl (C=O) groups is 4. The second-order valence-corrected chi connectivity index (χ2v) is 12.0. The molecular weight excluding hydrogens is 564 g/mol. The Bertz CT molecular complexity index is 1570. The van der Waals surface area contributed by atoms with Crippen LogP contribution in [0.1, 0.15) is 58.9 Å². The maximum absolute atomic E-state index is 13.0. The first kappa shape index (κ1) is 30.5. The van der Waals surface area contributed by atoms with Gasteiger partial charge in [0.15, 0.2) is 9.84 Å². The number of nitrogens with zero attached hydrogens (tertiary/aromatic N) is 1. The van der Waals surface area contributed by atoms with Crippen LogP contribution in [0.5, 0.6) is 5.75 Å². The summed E-state index contributed by atoms with van der Waals surface area (Å²) in [6, 6.07) is 10.9. The fraction of sp³-hybridized carbons (Fsp3) is 0.333. The number of fused-ring (bicyclic) bond motifs is 1. The van der Waals surface area contributed by atoms with Gasteiger partial charge in [-0.1, -0.05) is 12.1 Å². The normalized spacial score (nSPS) is 15.5. The van der Waals surface area contributed by atoms with Crippen LogP contribution in [-0.2, 0) is 28.9 Å². The maximum atomic E-state index is 13.0. The van der Waals surface area contributed by atoms with Gasteiger partial charge >= 0.3 is 11.9 Å². The molecule has 1 N–H and O–H groups in total. The van der Waals surface area contributed by atoms with Gasteiger partial charge in [0.25, 0.3) is 11.8 Å². The molecule has 222 valence electrons. The highest BCUT2D eigenvalue weighted by Crippen LogP contribution is 2.43. The fourth-order valence-corrected chi connectivity index (χ4v) is 5.83. The smallest absolute Gasteiger partial charge is 0.336 e. The van der Waals surface area contributed by atoms with Gasteiger partial charge < -0.3 is 19.5 Å². The monoisotopic (exact) mass is 596 g/mol. The number of amides is 2. The van der Waals surface area contributed by atoms with Crippen LogP contribution < -0.4 is 10.1 Å². The van der Waals surface area contributed by atoms with Crippen LogP contribution in [0.4, 0.5) is 0 Å². The van der Waals surface area contributed by atoms with Crippen molar-refractivity contribution in [2.45, 2.75) is 37.5 Å². The average Bonchev–Trinajstić information content (AvgIpc) is 3.20. The molecule has 12 heteroatoms. The van der Waals surface area contributed by atoms with Crippen LogP contribution in [0.15, 0.2) is 69.9 Å². The van der Waals surface area contributed by atoms with E-state index in [0.717, 1.165) is 6.26 Å². The third kappa shape index (κ3) is 5.80. The number of esters is 2. The largest absolute Gasteiger partial charge is 0.493 e. The third-order valence-corrected chi connectivity index (χ3v) is 8.31. The number of hydrogen-bond donors (Lipinski definition) is 1. The van der Waals surface area contributed by atoms with E-state index in [2.05, 4.69) is 5.32 Å². The topological polar surface area (TPSA) is 145 Å². The number of ether oxygens (including phenoxy) is 3. The molecular formula is C30H32N2O9S. The summed E-state index contributed by atoms with van der Waals surface area (Å²) in [6.07, 6.45) is 1.96. The van der Waals surface area contributed by atoms with Gasteiger partial charge in [-0.15, -0.1) is 0 Å². The van der Waals surface area contributed by atoms with Gasteiger partial charge in [0.05, 0.1) is 53.9 Å². The molecule has 2 amide bonds. The molecule has 0 aromatic heterocycles. The molecule has 2 aromatic carbocycles. The second-order valence-electron chi connectivity index (χ2n) is 9.95. The molecule has 42 heavy (non-hydrogen) atoms. The van der Waals surface area contributed by atoms with Gasteiger partial charge in [0, 0.05) is 29.8 Å². The minimum Gasteiger partial charge on any atom is -0.493 e. The van der Waals surface area contributed by atoms with Gasteiger partial charge in [-0.05, 0) is 57.0 Å². The summed E-state index contributed by atoms with van der Waals surface area (Å²) >= 11 is 0. The molecule has 0 saturated carbocycles. The van der Waals surface area contributed by atoms with Crippen molar-refractivity contribution in [3.63, 3.8) is 0 Å². The van der Waals surface area contributed by atoms with Gasteiger partial charge in [-0.3, -0.25) is 14.5 Å². The Labute approximate surface area is 244 Å². The van der Waals surface area contributed by atoms with Crippen molar-refractivity contribution in [2.24, 2.45) is 0 Å². The van der Waals surface area contributed by atoms with Crippen molar-refractivity contribution < 1.29 is 41.8 Å². The highest BCUT2D eigenvalue weighted by Gasteiger charge is 2.40. The Morgan fingerprint density at radius 2 is 1.43 bits per heavy atom. The van der Waals surface area contributed by atoms with Crippen LogP contribution in [0.2, 0.25) is 0 Å².